The molecule has 0 aliphatic carbocycles. The summed E-state index contributed by atoms with van der Waals surface area (Å²) in [6, 6.07) is 5.52. The van der Waals surface area contributed by atoms with Crippen LogP contribution in [0.15, 0.2) is 24.3 Å². The molecule has 3 N–H and O–H groups in total. The van der Waals surface area contributed by atoms with Gasteiger partial charge < -0.3 is 11.1 Å². The fourth-order valence-corrected chi connectivity index (χ4v) is 2.02. The molecule has 0 radical (unpaired) electrons. The smallest absolute Gasteiger partial charge is 0.248 e. The highest BCUT2D eigenvalue weighted by Crippen LogP contribution is 2.18. The van der Waals surface area contributed by atoms with Crippen molar-refractivity contribution in [2.45, 2.75) is 26.8 Å². The van der Waals surface area contributed by atoms with E-state index in [1.807, 2.05) is 19.9 Å². The average molecular weight is 276 g/mol. The highest BCUT2D eigenvalue weighted by Gasteiger charge is 2.18. The van der Waals surface area contributed by atoms with E-state index in [9.17, 15) is 9.18 Å². The van der Waals surface area contributed by atoms with Crippen LogP contribution in [0.2, 0.25) is 0 Å². The van der Waals surface area contributed by atoms with E-state index in [0.717, 1.165) is 11.4 Å². The van der Waals surface area contributed by atoms with Crippen molar-refractivity contribution in [2.75, 3.05) is 11.1 Å². The molecule has 0 spiro atoms. The van der Waals surface area contributed by atoms with Crippen LogP contribution in [0.5, 0.6) is 0 Å². The van der Waals surface area contributed by atoms with Crippen LogP contribution < -0.4 is 11.1 Å². The Morgan fingerprint density at radius 3 is 2.65 bits per heavy atom. The summed E-state index contributed by atoms with van der Waals surface area (Å²) in [4.78, 5) is 12.2. The van der Waals surface area contributed by atoms with Gasteiger partial charge in [0, 0.05) is 11.4 Å². The average Bonchev–Trinajstić information content (AvgIpc) is 2.72. The largest absolute Gasteiger partial charge is 0.396 e. The second kappa shape index (κ2) is 5.32. The van der Waals surface area contributed by atoms with E-state index < -0.39 is 11.9 Å². The number of nitrogens with one attached hydrogen (secondary N) is 1. The first-order valence-corrected chi connectivity index (χ1v) is 6.27. The molecule has 1 aromatic carbocycles. The number of nitrogens with zero attached hydrogens (tertiary/aromatic N) is 2. The van der Waals surface area contributed by atoms with Crippen LogP contribution >= 0.6 is 0 Å². The molecule has 1 atom stereocenters. The zero-order valence-electron chi connectivity index (χ0n) is 11.6. The number of benzene rings is 1. The molecule has 20 heavy (non-hydrogen) atoms. The second-order valence-electron chi connectivity index (χ2n) is 4.77. The Hall–Kier alpha value is -2.37. The Balaban J connectivity index is 2.15. The third-order valence-corrected chi connectivity index (χ3v) is 3.05. The van der Waals surface area contributed by atoms with Crippen molar-refractivity contribution in [1.29, 1.82) is 0 Å². The van der Waals surface area contributed by atoms with Gasteiger partial charge in [0.2, 0.25) is 5.91 Å². The summed E-state index contributed by atoms with van der Waals surface area (Å²) in [7, 11) is 0. The third-order valence-electron chi connectivity index (χ3n) is 3.05. The van der Waals surface area contributed by atoms with Gasteiger partial charge in [0.15, 0.2) is 0 Å². The number of hydrogen-bond donors (Lipinski definition) is 2. The van der Waals surface area contributed by atoms with Crippen molar-refractivity contribution in [2.24, 2.45) is 0 Å². The van der Waals surface area contributed by atoms with Crippen molar-refractivity contribution in [3.8, 4) is 0 Å². The molecule has 5 nitrogen and oxygen atoms in total. The van der Waals surface area contributed by atoms with E-state index in [0.29, 0.717) is 5.69 Å². The molecular weight excluding hydrogens is 259 g/mol. The first-order chi connectivity index (χ1) is 9.38. The van der Waals surface area contributed by atoms with Crippen LogP contribution in [-0.4, -0.2) is 15.7 Å². The van der Waals surface area contributed by atoms with Gasteiger partial charge >= 0.3 is 0 Å². The van der Waals surface area contributed by atoms with E-state index in [1.165, 1.54) is 18.2 Å². The van der Waals surface area contributed by atoms with Crippen molar-refractivity contribution < 1.29 is 9.18 Å². The molecule has 2 aromatic rings. The molecule has 0 bridgehead atoms. The monoisotopic (exact) mass is 276 g/mol. The number of halogens is 1. The number of hydrogen-bond acceptors (Lipinski definition) is 3. The lowest BCUT2D eigenvalue weighted by atomic mass is 10.2. The molecule has 1 unspecified atom stereocenters. The SMILES string of the molecule is Cc1cc(C)n(C(C)C(=O)Nc2ccc(F)c(N)c2)n1. The number of rotatable bonds is 3. The normalized spacial score (nSPS) is 12.2. The summed E-state index contributed by atoms with van der Waals surface area (Å²) in [5, 5.41) is 6.97. The fourth-order valence-electron chi connectivity index (χ4n) is 2.02. The predicted molar refractivity (Wildman–Crippen MR) is 75.9 cm³/mol. The minimum atomic E-state index is -0.505. The molecule has 0 aliphatic heterocycles. The second-order valence-corrected chi connectivity index (χ2v) is 4.77. The van der Waals surface area contributed by atoms with Crippen LogP contribution in [0.3, 0.4) is 0 Å². The van der Waals surface area contributed by atoms with Crippen molar-refractivity contribution >= 4 is 17.3 Å². The van der Waals surface area contributed by atoms with Crippen LogP contribution in [0.4, 0.5) is 15.8 Å². The first kappa shape index (κ1) is 14.0. The minimum absolute atomic E-state index is 0.00145. The minimum Gasteiger partial charge on any atom is -0.396 e. The van der Waals surface area contributed by atoms with E-state index in [-0.39, 0.29) is 11.6 Å². The van der Waals surface area contributed by atoms with Crippen molar-refractivity contribution in [3.05, 3.63) is 41.5 Å². The zero-order valence-corrected chi connectivity index (χ0v) is 11.6. The lowest BCUT2D eigenvalue weighted by Crippen LogP contribution is -2.25. The third kappa shape index (κ3) is 2.79. The fraction of sp³-hybridized carbons (Fsp3) is 0.286. The molecule has 6 heteroatoms. The van der Waals surface area contributed by atoms with Gasteiger partial charge in [-0.15, -0.1) is 0 Å². The number of nitrogen functional groups attached to an aromatic ring is 1. The molecule has 106 valence electrons. The molecule has 0 fully saturated rings. The van der Waals surface area contributed by atoms with Crippen LogP contribution in [0.1, 0.15) is 24.4 Å². The van der Waals surface area contributed by atoms with Crippen LogP contribution in [0.25, 0.3) is 0 Å². The van der Waals surface area contributed by atoms with Gasteiger partial charge in [0.05, 0.1) is 11.4 Å². The van der Waals surface area contributed by atoms with Gasteiger partial charge in [0.1, 0.15) is 11.9 Å². The van der Waals surface area contributed by atoms with Gasteiger partial charge in [-0.1, -0.05) is 0 Å². The van der Waals surface area contributed by atoms with Crippen molar-refractivity contribution in [1.82, 2.24) is 9.78 Å². The van der Waals surface area contributed by atoms with Crippen molar-refractivity contribution in [3.63, 3.8) is 0 Å². The summed E-state index contributed by atoms with van der Waals surface area (Å²) in [6.07, 6.45) is 0. The van der Waals surface area contributed by atoms with Gasteiger partial charge in [0.25, 0.3) is 0 Å². The number of anilines is 2. The number of aromatic nitrogens is 2. The molecule has 1 aromatic heterocycles. The highest BCUT2D eigenvalue weighted by atomic mass is 19.1. The molecule has 1 amide bonds. The lowest BCUT2D eigenvalue weighted by molar-refractivity contribution is -0.119. The first-order valence-electron chi connectivity index (χ1n) is 6.27. The topological polar surface area (TPSA) is 72.9 Å². The Morgan fingerprint density at radius 2 is 2.10 bits per heavy atom. The zero-order chi connectivity index (χ0) is 14.9. The summed E-state index contributed by atoms with van der Waals surface area (Å²) in [5.41, 5.74) is 7.69. The maximum Gasteiger partial charge on any atom is 0.248 e. The van der Waals surface area contributed by atoms with Gasteiger partial charge in [-0.05, 0) is 45.0 Å². The molecule has 2 rings (SSSR count). The summed E-state index contributed by atoms with van der Waals surface area (Å²) in [6.45, 7) is 5.51. The number of carbonyl (C=O) groups is 1. The van der Waals surface area contributed by atoms with Gasteiger partial charge in [-0.25, -0.2) is 4.39 Å². The molecule has 0 saturated carbocycles. The summed E-state index contributed by atoms with van der Waals surface area (Å²) in [5.74, 6) is -0.739. The van der Waals surface area contributed by atoms with Gasteiger partial charge in [-0.3, -0.25) is 9.48 Å². The Kier molecular flexibility index (Phi) is 3.74. The summed E-state index contributed by atoms with van der Waals surface area (Å²) >= 11 is 0. The predicted octanol–water partition coefficient (Wildman–Crippen LogP) is 2.42. The van der Waals surface area contributed by atoms with E-state index in [1.54, 1.807) is 11.6 Å². The number of nitrogens with two attached hydrogens (primary N) is 1. The molecule has 0 aliphatic rings. The number of amides is 1. The number of aryl methyl sites for hydroxylation is 2. The molecule has 0 saturated heterocycles. The Labute approximate surface area is 116 Å². The van der Waals surface area contributed by atoms with E-state index >= 15 is 0 Å². The van der Waals surface area contributed by atoms with E-state index in [4.69, 9.17) is 5.73 Å². The highest BCUT2D eigenvalue weighted by molar-refractivity contribution is 5.93. The molecular formula is C14H17FN4O. The molecule has 1 heterocycles. The van der Waals surface area contributed by atoms with Gasteiger partial charge in [-0.2, -0.15) is 5.10 Å². The Bertz CT molecular complexity index is 651. The van der Waals surface area contributed by atoms with E-state index in [2.05, 4.69) is 10.4 Å². The van der Waals surface area contributed by atoms with Crippen LogP contribution in [0, 0.1) is 19.7 Å². The number of carbonyl (C=O) groups excluding carboxylic acids is 1. The maximum absolute atomic E-state index is 13.1. The lowest BCUT2D eigenvalue weighted by Gasteiger charge is -2.14. The Morgan fingerprint density at radius 1 is 1.40 bits per heavy atom. The summed E-state index contributed by atoms with van der Waals surface area (Å²) < 4.78 is 14.7. The quantitative estimate of drug-likeness (QED) is 0.846. The standard InChI is InChI=1S/C14H17FN4O/c1-8-6-9(2)19(18-8)10(3)14(20)17-11-4-5-12(15)13(16)7-11/h4-7,10H,16H2,1-3H3,(H,17,20). The van der Waals surface area contributed by atoms with Crippen LogP contribution in [-0.2, 0) is 4.79 Å². The maximum atomic E-state index is 13.1.